The second-order valence-corrected chi connectivity index (χ2v) is 6.49. The molecule has 1 unspecified atom stereocenters. The number of amides is 1. The van der Waals surface area contributed by atoms with Crippen molar-refractivity contribution in [3.63, 3.8) is 0 Å². The minimum absolute atomic E-state index is 0.0972. The number of carbonyl (C=O) groups excluding carboxylic acids is 1. The van der Waals surface area contributed by atoms with Gasteiger partial charge in [-0.25, -0.2) is 0 Å². The molecule has 1 atom stereocenters. The Kier molecular flexibility index (Phi) is 5.19. The Bertz CT molecular complexity index is 874. The monoisotopic (exact) mass is 353 g/mol. The second kappa shape index (κ2) is 7.53. The van der Waals surface area contributed by atoms with E-state index in [0.717, 1.165) is 22.5 Å². The summed E-state index contributed by atoms with van der Waals surface area (Å²) >= 11 is 6.14. The summed E-state index contributed by atoms with van der Waals surface area (Å²) < 4.78 is 1.71. The van der Waals surface area contributed by atoms with Crippen molar-refractivity contribution in [2.24, 2.45) is 0 Å². The Morgan fingerprint density at radius 3 is 2.44 bits per heavy atom. The molecule has 0 spiro atoms. The molecule has 1 aromatic heterocycles. The van der Waals surface area contributed by atoms with Gasteiger partial charge < -0.3 is 5.32 Å². The van der Waals surface area contributed by atoms with Crippen molar-refractivity contribution >= 4 is 17.5 Å². The summed E-state index contributed by atoms with van der Waals surface area (Å²) in [5.74, 6) is -0.0972. The maximum absolute atomic E-state index is 12.6. The summed E-state index contributed by atoms with van der Waals surface area (Å²) in [5.41, 5.74) is 3.82. The van der Waals surface area contributed by atoms with Crippen molar-refractivity contribution < 1.29 is 4.79 Å². The molecule has 0 saturated heterocycles. The Morgan fingerprint density at radius 2 is 1.80 bits per heavy atom. The largest absolute Gasteiger partial charge is 0.344 e. The van der Waals surface area contributed by atoms with E-state index >= 15 is 0 Å². The molecular formula is C20H20ClN3O. The Labute approximate surface area is 152 Å². The predicted molar refractivity (Wildman–Crippen MR) is 99.6 cm³/mol. The van der Waals surface area contributed by atoms with Gasteiger partial charge in [0, 0.05) is 10.7 Å². The molecule has 128 valence electrons. The van der Waals surface area contributed by atoms with Crippen LogP contribution in [0.1, 0.15) is 28.6 Å². The fraction of sp³-hybridized carbons (Fsp3) is 0.200. The van der Waals surface area contributed by atoms with Gasteiger partial charge in [-0.3, -0.25) is 9.48 Å². The first-order valence-corrected chi connectivity index (χ1v) is 8.51. The topological polar surface area (TPSA) is 46.9 Å². The van der Waals surface area contributed by atoms with Crippen LogP contribution < -0.4 is 5.32 Å². The van der Waals surface area contributed by atoms with Crippen molar-refractivity contribution in [2.75, 3.05) is 0 Å². The van der Waals surface area contributed by atoms with Gasteiger partial charge >= 0.3 is 0 Å². The molecule has 2 aromatic carbocycles. The SMILES string of the molecule is Cc1cc(C)n(CC(=O)NC(c2ccccc2)c2cccc(Cl)c2)n1. The van der Waals surface area contributed by atoms with E-state index in [0.29, 0.717) is 5.02 Å². The van der Waals surface area contributed by atoms with Crippen LogP contribution in [0, 0.1) is 13.8 Å². The molecule has 5 heteroatoms. The maximum Gasteiger partial charge on any atom is 0.242 e. The van der Waals surface area contributed by atoms with Gasteiger partial charge in [-0.15, -0.1) is 0 Å². The zero-order chi connectivity index (χ0) is 17.8. The summed E-state index contributed by atoms with van der Waals surface area (Å²) in [6.45, 7) is 4.04. The molecule has 0 aliphatic carbocycles. The number of nitrogens with zero attached hydrogens (tertiary/aromatic N) is 2. The van der Waals surface area contributed by atoms with Gasteiger partial charge in [-0.1, -0.05) is 54.1 Å². The zero-order valence-electron chi connectivity index (χ0n) is 14.2. The van der Waals surface area contributed by atoms with Crippen LogP contribution in [0.3, 0.4) is 0 Å². The van der Waals surface area contributed by atoms with Gasteiger partial charge in [0.15, 0.2) is 0 Å². The fourth-order valence-corrected chi connectivity index (χ4v) is 3.07. The van der Waals surface area contributed by atoms with Crippen LogP contribution in [0.5, 0.6) is 0 Å². The number of halogens is 1. The van der Waals surface area contributed by atoms with Crippen molar-refractivity contribution in [1.82, 2.24) is 15.1 Å². The maximum atomic E-state index is 12.6. The van der Waals surface area contributed by atoms with Gasteiger partial charge in [0.25, 0.3) is 0 Å². The molecule has 0 aliphatic rings. The highest BCUT2D eigenvalue weighted by Crippen LogP contribution is 2.24. The minimum Gasteiger partial charge on any atom is -0.344 e. The van der Waals surface area contributed by atoms with Crippen LogP contribution in [0.4, 0.5) is 0 Å². The smallest absolute Gasteiger partial charge is 0.242 e. The lowest BCUT2D eigenvalue weighted by atomic mass is 9.98. The third kappa shape index (κ3) is 4.28. The molecule has 0 fully saturated rings. The minimum atomic E-state index is -0.260. The number of aromatic nitrogens is 2. The molecule has 1 amide bonds. The molecule has 3 aromatic rings. The van der Waals surface area contributed by atoms with E-state index in [2.05, 4.69) is 10.4 Å². The molecule has 3 rings (SSSR count). The van der Waals surface area contributed by atoms with Gasteiger partial charge in [0.05, 0.1) is 11.7 Å². The van der Waals surface area contributed by atoms with Crippen molar-refractivity contribution in [3.8, 4) is 0 Å². The summed E-state index contributed by atoms with van der Waals surface area (Å²) in [5, 5.41) is 8.10. The Morgan fingerprint density at radius 1 is 1.08 bits per heavy atom. The van der Waals surface area contributed by atoms with E-state index < -0.39 is 0 Å². The van der Waals surface area contributed by atoms with E-state index in [9.17, 15) is 4.79 Å². The predicted octanol–water partition coefficient (Wildman–Crippen LogP) is 4.06. The summed E-state index contributed by atoms with van der Waals surface area (Å²) in [7, 11) is 0. The highest BCUT2D eigenvalue weighted by Gasteiger charge is 2.18. The lowest BCUT2D eigenvalue weighted by molar-refractivity contribution is -0.122. The number of hydrogen-bond acceptors (Lipinski definition) is 2. The second-order valence-electron chi connectivity index (χ2n) is 6.05. The molecule has 0 saturated carbocycles. The number of aryl methyl sites for hydroxylation is 2. The Hall–Kier alpha value is -2.59. The number of nitrogens with one attached hydrogen (secondary N) is 1. The first-order valence-electron chi connectivity index (χ1n) is 8.14. The molecular weight excluding hydrogens is 334 g/mol. The number of hydrogen-bond donors (Lipinski definition) is 1. The summed E-state index contributed by atoms with van der Waals surface area (Å²) in [4.78, 5) is 12.6. The Balaban J connectivity index is 1.85. The number of benzene rings is 2. The fourth-order valence-electron chi connectivity index (χ4n) is 2.87. The summed E-state index contributed by atoms with van der Waals surface area (Å²) in [6.07, 6.45) is 0. The van der Waals surface area contributed by atoms with Gasteiger partial charge in [0.1, 0.15) is 6.54 Å². The standard InChI is InChI=1S/C20H20ClN3O/c1-14-11-15(2)24(23-14)13-19(25)22-20(16-7-4-3-5-8-16)17-9-6-10-18(21)12-17/h3-12,20H,13H2,1-2H3,(H,22,25). The van der Waals surface area contributed by atoms with E-state index in [1.165, 1.54) is 0 Å². The first-order chi connectivity index (χ1) is 12.0. The van der Waals surface area contributed by atoms with E-state index in [1.807, 2.05) is 74.5 Å². The van der Waals surface area contributed by atoms with Crippen LogP contribution >= 0.6 is 11.6 Å². The average Bonchev–Trinajstić information content (AvgIpc) is 2.90. The van der Waals surface area contributed by atoms with Gasteiger partial charge in [-0.05, 0) is 43.2 Å². The highest BCUT2D eigenvalue weighted by atomic mass is 35.5. The van der Waals surface area contributed by atoms with Crippen molar-refractivity contribution in [1.29, 1.82) is 0 Å². The van der Waals surface area contributed by atoms with Crippen molar-refractivity contribution in [2.45, 2.75) is 26.4 Å². The molecule has 4 nitrogen and oxygen atoms in total. The highest BCUT2D eigenvalue weighted by molar-refractivity contribution is 6.30. The van der Waals surface area contributed by atoms with Crippen LogP contribution in [0.15, 0.2) is 60.7 Å². The van der Waals surface area contributed by atoms with E-state index in [-0.39, 0.29) is 18.5 Å². The van der Waals surface area contributed by atoms with Crippen LogP contribution in [0.25, 0.3) is 0 Å². The molecule has 1 heterocycles. The third-order valence-corrected chi connectivity index (χ3v) is 4.25. The molecule has 0 bridgehead atoms. The van der Waals surface area contributed by atoms with Crippen LogP contribution in [-0.2, 0) is 11.3 Å². The van der Waals surface area contributed by atoms with Crippen molar-refractivity contribution in [3.05, 3.63) is 88.2 Å². The number of carbonyl (C=O) groups is 1. The van der Waals surface area contributed by atoms with E-state index in [1.54, 1.807) is 4.68 Å². The number of rotatable bonds is 5. The molecule has 25 heavy (non-hydrogen) atoms. The molecule has 1 N–H and O–H groups in total. The first kappa shape index (κ1) is 17.2. The van der Waals surface area contributed by atoms with Crippen LogP contribution in [-0.4, -0.2) is 15.7 Å². The normalized spacial score (nSPS) is 12.0. The zero-order valence-corrected chi connectivity index (χ0v) is 15.0. The lowest BCUT2D eigenvalue weighted by Gasteiger charge is -2.20. The van der Waals surface area contributed by atoms with Gasteiger partial charge in [0.2, 0.25) is 5.91 Å². The van der Waals surface area contributed by atoms with Crippen LogP contribution in [0.2, 0.25) is 5.02 Å². The summed E-state index contributed by atoms with van der Waals surface area (Å²) in [6, 6.07) is 19.1. The van der Waals surface area contributed by atoms with Gasteiger partial charge in [-0.2, -0.15) is 5.10 Å². The molecule has 0 aliphatic heterocycles. The van der Waals surface area contributed by atoms with E-state index in [4.69, 9.17) is 11.6 Å². The molecule has 0 radical (unpaired) electrons. The third-order valence-electron chi connectivity index (χ3n) is 4.02. The average molecular weight is 354 g/mol. The quantitative estimate of drug-likeness (QED) is 0.752. The lowest BCUT2D eigenvalue weighted by Crippen LogP contribution is -2.32.